The van der Waals surface area contributed by atoms with E-state index in [1.165, 1.54) is 15.9 Å². The summed E-state index contributed by atoms with van der Waals surface area (Å²) in [7, 11) is 1.88. The van der Waals surface area contributed by atoms with E-state index in [4.69, 9.17) is 9.47 Å². The molecule has 3 aromatic carbocycles. The van der Waals surface area contributed by atoms with E-state index in [1.807, 2.05) is 39.6 Å². The van der Waals surface area contributed by atoms with Gasteiger partial charge in [-0.15, -0.1) is 10.2 Å². The highest BCUT2D eigenvalue weighted by Crippen LogP contribution is 2.48. The second-order valence-electron chi connectivity index (χ2n) is 22.2. The lowest BCUT2D eigenvalue weighted by molar-refractivity contribution is -0.138. The summed E-state index contributed by atoms with van der Waals surface area (Å²) >= 11 is 0. The minimum atomic E-state index is -4.62. The number of nitrogens with one attached hydrogen (secondary N) is 1. The fourth-order valence-electron chi connectivity index (χ4n) is 13.2. The molecule has 1 aliphatic carbocycles. The van der Waals surface area contributed by atoms with Crippen molar-refractivity contribution >= 4 is 40.7 Å². The van der Waals surface area contributed by atoms with Crippen molar-refractivity contribution in [3.8, 4) is 0 Å². The SMILES string of the molecule is Cn1cnnc1CC1(c2cccc(N3Cc4c(cc(N5CC6(CCN(C[C@H]7CC[C@H](OC8CCN(c9ccc%10c(c9F)CN(C9CCC(=O)NC9=O)C%10=O)CC8)CC7)CC6)C5)cc4C(F)(F)F)C3=O)c2)COC1. The molecule has 4 amide bonds. The average molecular weight is 1010 g/mol. The number of anilines is 3. The smallest absolute Gasteiger partial charge is 0.379 e. The van der Waals surface area contributed by atoms with Crippen LogP contribution in [0.2, 0.25) is 0 Å². The first kappa shape index (κ1) is 48.0. The molecule has 1 saturated carbocycles. The Balaban J connectivity index is 0.603. The van der Waals surface area contributed by atoms with Crippen LogP contribution in [0.3, 0.4) is 0 Å². The van der Waals surface area contributed by atoms with Gasteiger partial charge in [0.1, 0.15) is 18.2 Å². The van der Waals surface area contributed by atoms with Crippen LogP contribution in [0.5, 0.6) is 0 Å². The van der Waals surface area contributed by atoms with Crippen molar-refractivity contribution in [2.45, 2.75) is 114 Å². The monoisotopic (exact) mass is 1010 g/mol. The summed E-state index contributed by atoms with van der Waals surface area (Å²) in [6.07, 6.45) is 5.98. The number of hydrogen-bond acceptors (Lipinski definition) is 11. The van der Waals surface area contributed by atoms with Crippen LogP contribution in [0, 0.1) is 17.2 Å². The van der Waals surface area contributed by atoms with E-state index in [-0.39, 0.29) is 77.5 Å². The van der Waals surface area contributed by atoms with E-state index in [0.29, 0.717) is 74.4 Å². The Labute approximate surface area is 421 Å². The normalized spacial score (nSPS) is 25.2. The number of aryl methyl sites for hydroxylation is 1. The molecular weight excluding hydrogens is 947 g/mol. The number of benzene rings is 3. The van der Waals surface area contributed by atoms with E-state index in [2.05, 4.69) is 20.4 Å². The molecule has 7 aliphatic heterocycles. The van der Waals surface area contributed by atoms with Crippen LogP contribution in [-0.2, 0) is 57.2 Å². The molecule has 0 bridgehead atoms. The van der Waals surface area contributed by atoms with Gasteiger partial charge in [-0.3, -0.25) is 24.5 Å². The molecule has 1 spiro atoms. The zero-order valence-electron chi connectivity index (χ0n) is 41.1. The number of piperidine rings is 3. The zero-order valence-corrected chi connectivity index (χ0v) is 41.1. The first-order valence-corrected chi connectivity index (χ1v) is 26.0. The Morgan fingerprint density at radius 2 is 1.56 bits per heavy atom. The van der Waals surface area contributed by atoms with Crippen LogP contribution < -0.4 is 20.0 Å². The van der Waals surface area contributed by atoms with Gasteiger partial charge in [-0.05, 0) is 124 Å². The van der Waals surface area contributed by atoms with Gasteiger partial charge in [-0.25, -0.2) is 4.39 Å². The third-order valence-electron chi connectivity index (χ3n) is 17.6. The van der Waals surface area contributed by atoms with Crippen LogP contribution in [-0.4, -0.2) is 125 Å². The molecule has 5 saturated heterocycles. The largest absolute Gasteiger partial charge is 0.416 e. The van der Waals surface area contributed by atoms with Crippen molar-refractivity contribution in [1.82, 2.24) is 29.9 Å². The van der Waals surface area contributed by atoms with Crippen molar-refractivity contribution in [2.75, 3.05) is 73.7 Å². The summed E-state index contributed by atoms with van der Waals surface area (Å²) in [5, 5.41) is 10.6. The lowest BCUT2D eigenvalue weighted by Crippen LogP contribution is -2.60. The average Bonchev–Trinajstić information content (AvgIpc) is 4.04. The summed E-state index contributed by atoms with van der Waals surface area (Å²) in [6, 6.07) is 13.0. The molecule has 386 valence electrons. The Morgan fingerprint density at radius 3 is 2.25 bits per heavy atom. The maximum absolute atomic E-state index is 16.0. The first-order valence-electron chi connectivity index (χ1n) is 26.0. The second-order valence-corrected chi connectivity index (χ2v) is 22.2. The second kappa shape index (κ2) is 18.5. The topological polar surface area (TPSA) is 146 Å². The number of aromatic nitrogens is 3. The standard InChI is InChI=1S/C54H61F4N9O6/c1-62-32-59-61-46(62)24-53(30-72-31-53)34-3-2-4-35(21-34)66-26-41-40(51(66)71)22-36(23-43(41)54(56,57)58)65-28-52(29-65)15-19-63(20-16-52)25-33-5-7-37(8-6-33)73-38-13-17-64(18-14-38)44-10-9-39-42(48(44)55)27-67(50(39)70)45-11-12-47(68)60-49(45)69/h2-4,9-10,21-23,32-33,37-38,45H,5-8,11-20,24-31H2,1H3,(H,60,68,69)/t33-,37-,45?. The number of halogens is 4. The molecule has 73 heavy (non-hydrogen) atoms. The minimum Gasteiger partial charge on any atom is -0.379 e. The molecule has 1 unspecified atom stereocenters. The number of fused-ring (bicyclic) bond motifs is 2. The molecule has 0 radical (unpaired) electrons. The molecule has 15 nitrogen and oxygen atoms in total. The molecule has 19 heteroatoms. The summed E-state index contributed by atoms with van der Waals surface area (Å²) in [6.45, 7) is 6.33. The molecule has 1 atom stereocenters. The van der Waals surface area contributed by atoms with Gasteiger partial charge in [-0.1, -0.05) is 12.1 Å². The third kappa shape index (κ3) is 8.85. The van der Waals surface area contributed by atoms with Crippen LogP contribution in [0.15, 0.2) is 54.9 Å². The van der Waals surface area contributed by atoms with Crippen LogP contribution in [0.4, 0.5) is 34.6 Å². The molecule has 1 aromatic heterocycles. The first-order chi connectivity index (χ1) is 35.1. The van der Waals surface area contributed by atoms with E-state index < -0.39 is 35.4 Å². The van der Waals surface area contributed by atoms with Gasteiger partial charge in [0.05, 0.1) is 49.8 Å². The number of rotatable bonds is 11. The fraction of sp³-hybridized carbons (Fsp3) is 0.556. The Hall–Kier alpha value is -5.92. The van der Waals surface area contributed by atoms with Crippen LogP contribution in [0.25, 0.3) is 0 Å². The van der Waals surface area contributed by atoms with Crippen LogP contribution >= 0.6 is 0 Å². The number of alkyl halides is 3. The number of ether oxygens (including phenoxy) is 2. The van der Waals surface area contributed by atoms with Gasteiger partial charge in [0, 0.05) is 91.5 Å². The minimum absolute atomic E-state index is 0.00192. The summed E-state index contributed by atoms with van der Waals surface area (Å²) in [4.78, 5) is 60.9. The summed E-state index contributed by atoms with van der Waals surface area (Å²) in [5.74, 6) is -0.736. The molecule has 1 N–H and O–H groups in total. The highest BCUT2D eigenvalue weighted by Gasteiger charge is 2.48. The molecular formula is C54H61F4N9O6. The van der Waals surface area contributed by atoms with Gasteiger partial charge in [0.25, 0.3) is 11.8 Å². The van der Waals surface area contributed by atoms with Gasteiger partial charge >= 0.3 is 6.18 Å². The van der Waals surface area contributed by atoms with Crippen molar-refractivity contribution in [3.05, 3.63) is 99.9 Å². The highest BCUT2D eigenvalue weighted by molar-refractivity contribution is 6.11. The Bertz CT molecular complexity index is 2840. The fourth-order valence-corrected chi connectivity index (χ4v) is 13.2. The number of nitrogens with zero attached hydrogens (tertiary/aromatic N) is 8. The third-order valence-corrected chi connectivity index (χ3v) is 17.6. The van der Waals surface area contributed by atoms with Gasteiger partial charge < -0.3 is 38.5 Å². The van der Waals surface area contributed by atoms with E-state index in [1.54, 1.807) is 30.6 Å². The molecule has 8 aliphatic rings. The Kier molecular flexibility index (Phi) is 12.2. The lowest BCUT2D eigenvalue weighted by Gasteiger charge is -2.55. The number of imide groups is 1. The van der Waals surface area contributed by atoms with Crippen molar-refractivity contribution < 1.29 is 46.2 Å². The van der Waals surface area contributed by atoms with E-state index in [9.17, 15) is 32.3 Å². The number of carbonyl (C=O) groups excluding carboxylic acids is 4. The lowest BCUT2D eigenvalue weighted by atomic mass is 9.71. The predicted octanol–water partition coefficient (Wildman–Crippen LogP) is 6.55. The zero-order chi connectivity index (χ0) is 50.4. The molecule has 12 rings (SSSR count). The highest BCUT2D eigenvalue weighted by atomic mass is 19.4. The van der Waals surface area contributed by atoms with Gasteiger partial charge in [0.2, 0.25) is 11.8 Å². The number of likely N-dealkylation sites (tertiary alicyclic amines) is 1. The van der Waals surface area contributed by atoms with Crippen LogP contribution in [0.1, 0.15) is 113 Å². The van der Waals surface area contributed by atoms with Crippen molar-refractivity contribution in [1.29, 1.82) is 0 Å². The molecule has 4 aromatic rings. The van der Waals surface area contributed by atoms with Gasteiger partial charge in [-0.2, -0.15) is 13.2 Å². The number of amides is 4. The van der Waals surface area contributed by atoms with E-state index in [0.717, 1.165) is 82.4 Å². The quantitative estimate of drug-likeness (QED) is 0.129. The Morgan fingerprint density at radius 1 is 0.808 bits per heavy atom. The predicted molar refractivity (Wildman–Crippen MR) is 260 cm³/mol. The maximum Gasteiger partial charge on any atom is 0.416 e. The number of carbonyl (C=O) groups is 4. The van der Waals surface area contributed by atoms with E-state index >= 15 is 4.39 Å². The van der Waals surface area contributed by atoms with Crippen molar-refractivity contribution in [3.63, 3.8) is 0 Å². The van der Waals surface area contributed by atoms with Gasteiger partial charge in [0.15, 0.2) is 5.82 Å². The summed E-state index contributed by atoms with van der Waals surface area (Å²) in [5.41, 5.74) is 2.04. The maximum atomic E-state index is 16.0. The summed E-state index contributed by atoms with van der Waals surface area (Å²) < 4.78 is 74.6. The molecule has 6 fully saturated rings. The number of hydrogen-bond donors (Lipinski definition) is 1. The molecule has 8 heterocycles. The van der Waals surface area contributed by atoms with Crippen molar-refractivity contribution in [2.24, 2.45) is 18.4 Å².